The van der Waals surface area contributed by atoms with Crippen molar-refractivity contribution in [2.45, 2.75) is 18.9 Å². The first-order valence-corrected chi connectivity index (χ1v) is 6.75. The third kappa shape index (κ3) is 1.84. The molecule has 6 nitrogen and oxygen atoms in total. The van der Waals surface area contributed by atoms with Crippen molar-refractivity contribution in [1.82, 2.24) is 14.5 Å². The molecule has 6 heteroatoms. The summed E-state index contributed by atoms with van der Waals surface area (Å²) in [5.74, 6) is -0.0780. The summed E-state index contributed by atoms with van der Waals surface area (Å²) in [4.78, 5) is 25.0. The first-order chi connectivity index (χ1) is 9.61. The van der Waals surface area contributed by atoms with Gasteiger partial charge < -0.3 is 10.4 Å². The van der Waals surface area contributed by atoms with Gasteiger partial charge in [0.05, 0.1) is 5.52 Å². The number of rotatable bonds is 1. The summed E-state index contributed by atoms with van der Waals surface area (Å²) in [5.41, 5.74) is -0.252. The molecule has 1 aromatic heterocycles. The molecule has 1 aliphatic heterocycles. The number of phenolic OH excluding ortho intramolecular Hbond substituents is 1. The van der Waals surface area contributed by atoms with Crippen LogP contribution in [0.2, 0.25) is 0 Å². The zero-order chi connectivity index (χ0) is 14.3. The van der Waals surface area contributed by atoms with E-state index in [4.69, 9.17) is 0 Å². The summed E-state index contributed by atoms with van der Waals surface area (Å²) < 4.78 is 2.72. The maximum absolute atomic E-state index is 12.6. The standard InChI is InChI=1S/C14H17N3O3/c1-16-10-3-2-4-11(18)12(10)13(19)17(14(16)20)9-5-7-15-8-6-9/h2-4,9,15,18H,5-8H2,1H3. The molecule has 0 spiro atoms. The molecule has 0 atom stereocenters. The van der Waals surface area contributed by atoms with Gasteiger partial charge in [-0.1, -0.05) is 6.07 Å². The van der Waals surface area contributed by atoms with Gasteiger partial charge in [-0.05, 0) is 38.1 Å². The van der Waals surface area contributed by atoms with Gasteiger partial charge >= 0.3 is 5.69 Å². The molecule has 2 heterocycles. The maximum atomic E-state index is 12.6. The van der Waals surface area contributed by atoms with Gasteiger partial charge in [0.15, 0.2) is 0 Å². The molecule has 1 saturated heterocycles. The topological polar surface area (TPSA) is 76.3 Å². The Bertz CT molecular complexity index is 770. The summed E-state index contributed by atoms with van der Waals surface area (Å²) in [7, 11) is 1.63. The lowest BCUT2D eigenvalue weighted by molar-refractivity contribution is 0.347. The third-order valence-corrected chi connectivity index (χ3v) is 3.98. The van der Waals surface area contributed by atoms with E-state index in [9.17, 15) is 14.7 Å². The normalized spacial score (nSPS) is 16.6. The third-order valence-electron chi connectivity index (χ3n) is 3.98. The van der Waals surface area contributed by atoms with Crippen molar-refractivity contribution in [3.63, 3.8) is 0 Å². The first-order valence-electron chi connectivity index (χ1n) is 6.75. The summed E-state index contributed by atoms with van der Waals surface area (Å²) in [6.45, 7) is 1.58. The van der Waals surface area contributed by atoms with E-state index in [1.807, 2.05) is 0 Å². The van der Waals surface area contributed by atoms with Gasteiger partial charge in [0.2, 0.25) is 0 Å². The Morgan fingerprint density at radius 1 is 1.25 bits per heavy atom. The first kappa shape index (κ1) is 12.9. The second-order valence-electron chi connectivity index (χ2n) is 5.17. The molecule has 20 heavy (non-hydrogen) atoms. The Kier molecular flexibility index (Phi) is 3.10. The number of piperidine rings is 1. The lowest BCUT2D eigenvalue weighted by Gasteiger charge is -2.25. The second kappa shape index (κ2) is 4.79. The molecule has 1 aromatic carbocycles. The number of aryl methyl sites for hydroxylation is 1. The lowest BCUT2D eigenvalue weighted by atomic mass is 10.1. The van der Waals surface area contributed by atoms with Crippen molar-refractivity contribution >= 4 is 10.9 Å². The van der Waals surface area contributed by atoms with Crippen LogP contribution in [-0.4, -0.2) is 27.3 Å². The Hall–Kier alpha value is -2.08. The SMILES string of the molecule is Cn1c(=O)n(C2CCNCC2)c(=O)c2c(O)cccc21. The van der Waals surface area contributed by atoms with Crippen molar-refractivity contribution < 1.29 is 5.11 Å². The fraction of sp³-hybridized carbons (Fsp3) is 0.429. The van der Waals surface area contributed by atoms with Gasteiger partial charge in [0, 0.05) is 13.1 Å². The van der Waals surface area contributed by atoms with Gasteiger partial charge in [-0.2, -0.15) is 0 Å². The van der Waals surface area contributed by atoms with Crippen LogP contribution >= 0.6 is 0 Å². The number of fused-ring (bicyclic) bond motifs is 1. The van der Waals surface area contributed by atoms with Crippen LogP contribution in [0.25, 0.3) is 10.9 Å². The molecule has 0 radical (unpaired) electrons. The number of hydrogen-bond acceptors (Lipinski definition) is 4. The van der Waals surface area contributed by atoms with Gasteiger partial charge in [-0.25, -0.2) is 4.79 Å². The number of nitrogens with one attached hydrogen (secondary N) is 1. The van der Waals surface area contributed by atoms with Gasteiger partial charge in [0.25, 0.3) is 5.56 Å². The summed E-state index contributed by atoms with van der Waals surface area (Å²) in [6, 6.07) is 4.67. The summed E-state index contributed by atoms with van der Waals surface area (Å²) in [5, 5.41) is 13.4. The molecule has 0 bridgehead atoms. The number of hydrogen-bond donors (Lipinski definition) is 2. The lowest BCUT2D eigenvalue weighted by Crippen LogP contribution is -2.44. The molecular formula is C14H17N3O3. The van der Waals surface area contributed by atoms with Crippen LogP contribution in [0.1, 0.15) is 18.9 Å². The van der Waals surface area contributed by atoms with E-state index in [-0.39, 0.29) is 22.9 Å². The van der Waals surface area contributed by atoms with Gasteiger partial charge in [-0.3, -0.25) is 13.9 Å². The fourth-order valence-corrected chi connectivity index (χ4v) is 2.89. The van der Waals surface area contributed by atoms with Crippen LogP contribution < -0.4 is 16.6 Å². The highest BCUT2D eigenvalue weighted by Crippen LogP contribution is 2.21. The van der Waals surface area contributed by atoms with E-state index < -0.39 is 5.56 Å². The van der Waals surface area contributed by atoms with E-state index in [1.54, 1.807) is 19.2 Å². The Morgan fingerprint density at radius 2 is 1.95 bits per heavy atom. The van der Waals surface area contributed by atoms with Crippen LogP contribution in [0.3, 0.4) is 0 Å². The van der Waals surface area contributed by atoms with Crippen molar-refractivity contribution in [3.8, 4) is 5.75 Å². The van der Waals surface area contributed by atoms with Crippen LogP contribution in [0.5, 0.6) is 5.75 Å². The highest BCUT2D eigenvalue weighted by molar-refractivity contribution is 5.84. The monoisotopic (exact) mass is 275 g/mol. The van der Waals surface area contributed by atoms with E-state index in [0.717, 1.165) is 25.9 Å². The predicted molar refractivity (Wildman–Crippen MR) is 76.3 cm³/mol. The van der Waals surface area contributed by atoms with E-state index in [2.05, 4.69) is 5.32 Å². The quantitative estimate of drug-likeness (QED) is 0.786. The van der Waals surface area contributed by atoms with Crippen LogP contribution in [0, 0.1) is 0 Å². The van der Waals surface area contributed by atoms with Crippen molar-refractivity contribution in [1.29, 1.82) is 0 Å². The molecule has 0 amide bonds. The molecular weight excluding hydrogens is 258 g/mol. The zero-order valence-corrected chi connectivity index (χ0v) is 11.3. The summed E-state index contributed by atoms with van der Waals surface area (Å²) in [6.07, 6.45) is 1.49. The predicted octanol–water partition coefficient (Wildman–Crippen LogP) is 0.330. The maximum Gasteiger partial charge on any atom is 0.331 e. The molecule has 0 unspecified atom stereocenters. The largest absolute Gasteiger partial charge is 0.507 e. The molecule has 2 N–H and O–H groups in total. The Balaban J connectivity index is 2.35. The van der Waals surface area contributed by atoms with Crippen molar-refractivity contribution in [2.75, 3.05) is 13.1 Å². The zero-order valence-electron chi connectivity index (χ0n) is 11.3. The molecule has 1 fully saturated rings. The van der Waals surface area contributed by atoms with Gasteiger partial charge in [-0.15, -0.1) is 0 Å². The van der Waals surface area contributed by atoms with E-state index >= 15 is 0 Å². The number of benzene rings is 1. The smallest absolute Gasteiger partial charge is 0.331 e. The van der Waals surface area contributed by atoms with Crippen molar-refractivity contribution in [3.05, 3.63) is 39.0 Å². The van der Waals surface area contributed by atoms with Crippen LogP contribution in [-0.2, 0) is 7.05 Å². The molecule has 2 aromatic rings. The average molecular weight is 275 g/mol. The average Bonchev–Trinajstić information content (AvgIpc) is 2.46. The highest BCUT2D eigenvalue weighted by Gasteiger charge is 2.22. The number of aromatic nitrogens is 2. The number of nitrogens with zero attached hydrogens (tertiary/aromatic N) is 2. The second-order valence-corrected chi connectivity index (χ2v) is 5.17. The minimum Gasteiger partial charge on any atom is -0.507 e. The molecule has 1 aliphatic rings. The Labute approximate surface area is 115 Å². The molecule has 106 valence electrons. The van der Waals surface area contributed by atoms with E-state index in [0.29, 0.717) is 5.52 Å². The molecule has 3 rings (SSSR count). The van der Waals surface area contributed by atoms with Crippen molar-refractivity contribution in [2.24, 2.45) is 7.05 Å². The minimum atomic E-state index is -0.395. The van der Waals surface area contributed by atoms with Gasteiger partial charge in [0.1, 0.15) is 11.1 Å². The fourth-order valence-electron chi connectivity index (χ4n) is 2.89. The van der Waals surface area contributed by atoms with Crippen LogP contribution in [0.4, 0.5) is 0 Å². The Morgan fingerprint density at radius 3 is 2.65 bits per heavy atom. The number of phenols is 1. The minimum absolute atomic E-state index is 0.0780. The van der Waals surface area contributed by atoms with Crippen LogP contribution in [0.15, 0.2) is 27.8 Å². The highest BCUT2D eigenvalue weighted by atomic mass is 16.3. The molecule has 0 saturated carbocycles. The summed E-state index contributed by atoms with van der Waals surface area (Å²) >= 11 is 0. The van der Waals surface area contributed by atoms with E-state index in [1.165, 1.54) is 15.2 Å². The molecule has 0 aliphatic carbocycles. The number of aromatic hydroxyl groups is 1.